The maximum absolute atomic E-state index is 11.8. The van der Waals surface area contributed by atoms with Crippen LogP contribution < -0.4 is 10.1 Å². The molecule has 1 rings (SSSR count). The van der Waals surface area contributed by atoms with Gasteiger partial charge < -0.3 is 10.1 Å². The number of Topliss-reactive ketones (excluding diaryl/α,β-unsaturated/α-hetero) is 1. The lowest BCUT2D eigenvalue weighted by Gasteiger charge is -2.09. The van der Waals surface area contributed by atoms with Gasteiger partial charge in [0.25, 0.3) is 11.7 Å². The molecule has 1 N–H and O–H groups in total. The van der Waals surface area contributed by atoms with Crippen LogP contribution in [0.4, 0.5) is 0 Å². The fraction of sp³-hybridized carbons (Fsp3) is 0.333. The number of carbonyl (C=O) groups is 2. The second-order valence-corrected chi connectivity index (χ2v) is 3.66. The Bertz CT molecular complexity index is 399. The molecule has 0 heterocycles. The third-order valence-corrected chi connectivity index (χ3v) is 1.98. The van der Waals surface area contributed by atoms with E-state index in [4.69, 9.17) is 4.74 Å². The van der Waals surface area contributed by atoms with Crippen molar-refractivity contribution in [3.8, 4) is 5.75 Å². The van der Waals surface area contributed by atoms with Gasteiger partial charge in [0.2, 0.25) is 0 Å². The lowest BCUT2D eigenvalue weighted by molar-refractivity contribution is -0.117. The van der Waals surface area contributed by atoms with Crippen LogP contribution in [-0.4, -0.2) is 24.8 Å². The van der Waals surface area contributed by atoms with Crippen molar-refractivity contribution in [2.75, 3.05) is 7.11 Å². The smallest absolute Gasteiger partial charge is 0.292 e. The Morgan fingerprint density at radius 3 is 2.44 bits per heavy atom. The molecule has 0 spiro atoms. The summed E-state index contributed by atoms with van der Waals surface area (Å²) >= 11 is 0. The number of benzene rings is 1. The summed E-state index contributed by atoms with van der Waals surface area (Å²) in [7, 11) is 1.46. The van der Waals surface area contributed by atoms with Crippen molar-refractivity contribution in [2.24, 2.45) is 0 Å². The van der Waals surface area contributed by atoms with E-state index in [1.807, 2.05) is 0 Å². The van der Waals surface area contributed by atoms with Crippen molar-refractivity contribution in [3.63, 3.8) is 0 Å². The summed E-state index contributed by atoms with van der Waals surface area (Å²) in [5, 5.41) is 2.55. The largest absolute Gasteiger partial charge is 0.496 e. The predicted octanol–water partition coefficient (Wildman–Crippen LogP) is 1.40. The molecule has 0 saturated carbocycles. The Labute approximate surface area is 94.6 Å². The summed E-state index contributed by atoms with van der Waals surface area (Å²) < 4.78 is 5.02. The number of para-hydroxylation sites is 1. The van der Waals surface area contributed by atoms with Crippen LogP contribution in [0, 0.1) is 0 Å². The molecule has 0 atom stereocenters. The summed E-state index contributed by atoms with van der Waals surface area (Å²) in [6, 6.07) is 6.59. The van der Waals surface area contributed by atoms with Gasteiger partial charge in [0.1, 0.15) is 5.75 Å². The predicted molar refractivity (Wildman–Crippen MR) is 60.6 cm³/mol. The number of hydrogen-bond donors (Lipinski definition) is 1. The topological polar surface area (TPSA) is 55.4 Å². The molecule has 0 unspecified atom stereocenters. The maximum Gasteiger partial charge on any atom is 0.292 e. The molecule has 16 heavy (non-hydrogen) atoms. The van der Waals surface area contributed by atoms with E-state index >= 15 is 0 Å². The van der Waals surface area contributed by atoms with Gasteiger partial charge >= 0.3 is 0 Å². The number of hydrogen-bond acceptors (Lipinski definition) is 3. The van der Waals surface area contributed by atoms with Crippen molar-refractivity contribution < 1.29 is 14.3 Å². The molecule has 86 valence electrons. The fourth-order valence-electron chi connectivity index (χ4n) is 1.28. The molecular formula is C12H15NO3. The second-order valence-electron chi connectivity index (χ2n) is 3.66. The summed E-state index contributed by atoms with van der Waals surface area (Å²) in [6.07, 6.45) is 0. The van der Waals surface area contributed by atoms with Crippen molar-refractivity contribution in [1.82, 2.24) is 5.32 Å². The summed E-state index contributed by atoms with van der Waals surface area (Å²) in [6.45, 7) is 3.60. The van der Waals surface area contributed by atoms with Gasteiger partial charge in [0.15, 0.2) is 0 Å². The quantitative estimate of drug-likeness (QED) is 0.617. The summed E-state index contributed by atoms with van der Waals surface area (Å²) in [5.41, 5.74) is 0.281. The summed E-state index contributed by atoms with van der Waals surface area (Å²) in [5.74, 6) is -0.781. The fourth-order valence-corrected chi connectivity index (χ4v) is 1.28. The number of rotatable bonds is 4. The Morgan fingerprint density at radius 1 is 1.25 bits per heavy atom. The molecule has 4 nitrogen and oxygen atoms in total. The van der Waals surface area contributed by atoms with Crippen molar-refractivity contribution in [3.05, 3.63) is 29.8 Å². The Balaban J connectivity index is 2.92. The van der Waals surface area contributed by atoms with E-state index in [0.29, 0.717) is 5.75 Å². The number of carbonyl (C=O) groups excluding carboxylic acids is 2. The Kier molecular flexibility index (Phi) is 4.05. The van der Waals surface area contributed by atoms with Gasteiger partial charge in [-0.25, -0.2) is 0 Å². The van der Waals surface area contributed by atoms with Crippen LogP contribution in [0.3, 0.4) is 0 Å². The third kappa shape index (κ3) is 2.82. The third-order valence-electron chi connectivity index (χ3n) is 1.98. The molecule has 0 aromatic heterocycles. The van der Waals surface area contributed by atoms with Crippen molar-refractivity contribution in [1.29, 1.82) is 0 Å². The number of amides is 1. The minimum Gasteiger partial charge on any atom is -0.496 e. The van der Waals surface area contributed by atoms with E-state index in [1.165, 1.54) is 7.11 Å². The highest BCUT2D eigenvalue weighted by Crippen LogP contribution is 2.17. The highest BCUT2D eigenvalue weighted by molar-refractivity contribution is 6.43. The van der Waals surface area contributed by atoms with E-state index in [1.54, 1.807) is 38.1 Å². The highest BCUT2D eigenvalue weighted by Gasteiger charge is 2.19. The van der Waals surface area contributed by atoms with Crippen LogP contribution in [0.5, 0.6) is 5.75 Å². The minimum atomic E-state index is -0.612. The van der Waals surface area contributed by atoms with Gasteiger partial charge in [0, 0.05) is 6.04 Å². The van der Waals surface area contributed by atoms with Crippen LogP contribution in [0.2, 0.25) is 0 Å². The van der Waals surface area contributed by atoms with Gasteiger partial charge in [0.05, 0.1) is 12.7 Å². The van der Waals surface area contributed by atoms with Crippen LogP contribution in [0.25, 0.3) is 0 Å². The highest BCUT2D eigenvalue weighted by atomic mass is 16.5. The number of nitrogens with one attached hydrogen (secondary N) is 1. The van der Waals surface area contributed by atoms with Gasteiger partial charge in [-0.05, 0) is 26.0 Å². The van der Waals surface area contributed by atoms with Gasteiger partial charge in [-0.1, -0.05) is 12.1 Å². The van der Waals surface area contributed by atoms with Crippen LogP contribution in [0.1, 0.15) is 24.2 Å². The average Bonchev–Trinajstić information content (AvgIpc) is 2.27. The Morgan fingerprint density at radius 2 is 1.88 bits per heavy atom. The first-order valence-electron chi connectivity index (χ1n) is 5.04. The maximum atomic E-state index is 11.8. The van der Waals surface area contributed by atoms with Gasteiger partial charge in [-0.3, -0.25) is 9.59 Å². The normalized spacial score (nSPS) is 10.0. The molecule has 0 radical (unpaired) electrons. The molecule has 0 bridgehead atoms. The lowest BCUT2D eigenvalue weighted by Crippen LogP contribution is -2.36. The van der Waals surface area contributed by atoms with Crippen LogP contribution in [0.15, 0.2) is 24.3 Å². The molecular weight excluding hydrogens is 206 g/mol. The zero-order chi connectivity index (χ0) is 12.1. The zero-order valence-corrected chi connectivity index (χ0v) is 9.61. The van der Waals surface area contributed by atoms with Crippen molar-refractivity contribution in [2.45, 2.75) is 19.9 Å². The van der Waals surface area contributed by atoms with Crippen molar-refractivity contribution >= 4 is 11.7 Å². The number of ether oxygens (including phenoxy) is 1. The standard InChI is InChI=1S/C12H15NO3/c1-8(2)13-12(15)11(14)9-6-4-5-7-10(9)16-3/h4-8H,1-3H3,(H,13,15). The molecule has 1 aromatic rings. The SMILES string of the molecule is COc1ccccc1C(=O)C(=O)NC(C)C. The first kappa shape index (κ1) is 12.2. The zero-order valence-electron chi connectivity index (χ0n) is 9.61. The molecule has 0 aliphatic carbocycles. The number of methoxy groups -OCH3 is 1. The van der Waals surface area contributed by atoms with E-state index in [0.717, 1.165) is 0 Å². The average molecular weight is 221 g/mol. The Hall–Kier alpha value is -1.84. The van der Waals surface area contributed by atoms with Crippen LogP contribution >= 0.6 is 0 Å². The minimum absolute atomic E-state index is 0.0637. The monoisotopic (exact) mass is 221 g/mol. The van der Waals surface area contributed by atoms with E-state index in [-0.39, 0.29) is 11.6 Å². The van der Waals surface area contributed by atoms with E-state index in [2.05, 4.69) is 5.32 Å². The lowest BCUT2D eigenvalue weighted by atomic mass is 10.1. The molecule has 1 amide bonds. The van der Waals surface area contributed by atoms with E-state index in [9.17, 15) is 9.59 Å². The van der Waals surface area contributed by atoms with Crippen LogP contribution in [-0.2, 0) is 4.79 Å². The molecule has 0 aliphatic heterocycles. The number of ketones is 1. The van der Waals surface area contributed by atoms with E-state index < -0.39 is 11.7 Å². The molecule has 0 fully saturated rings. The first-order valence-corrected chi connectivity index (χ1v) is 5.04. The molecule has 0 aliphatic rings. The van der Waals surface area contributed by atoms with Gasteiger partial charge in [-0.2, -0.15) is 0 Å². The molecule has 1 aromatic carbocycles. The molecule has 4 heteroatoms. The summed E-state index contributed by atoms with van der Waals surface area (Å²) in [4.78, 5) is 23.3. The first-order chi connectivity index (χ1) is 7.56. The second kappa shape index (κ2) is 5.30. The van der Waals surface area contributed by atoms with Gasteiger partial charge in [-0.15, -0.1) is 0 Å². The molecule has 0 saturated heterocycles.